The molecule has 5 rings (SSSR count). The number of nitrogens with zero attached hydrogens (tertiary/aromatic N) is 2. The average Bonchev–Trinajstić information content (AvgIpc) is 2.96. The number of hydrogen-bond acceptors (Lipinski definition) is 2. The van der Waals surface area contributed by atoms with E-state index < -0.39 is 5.92 Å². The fraction of sp³-hybridized carbons (Fsp3) is 0.407. The van der Waals surface area contributed by atoms with Gasteiger partial charge in [-0.15, -0.1) is 0 Å². The van der Waals surface area contributed by atoms with Crippen molar-refractivity contribution in [3.8, 4) is 0 Å². The maximum atomic E-state index is 13.9. The molecule has 1 aromatic heterocycles. The molecule has 1 fully saturated rings. The molecule has 1 aliphatic heterocycles. The van der Waals surface area contributed by atoms with Crippen molar-refractivity contribution in [1.29, 1.82) is 0 Å². The molecule has 2 atom stereocenters. The summed E-state index contributed by atoms with van der Waals surface area (Å²) >= 11 is 0. The first-order valence-corrected chi connectivity index (χ1v) is 11.8. The smallest absolute Gasteiger partial charge is 0.254 e. The molecule has 1 aliphatic carbocycles. The highest BCUT2D eigenvalue weighted by molar-refractivity contribution is 6.02. The second-order valence-electron chi connectivity index (χ2n) is 9.34. The summed E-state index contributed by atoms with van der Waals surface area (Å²) in [6.45, 7) is 0. The lowest BCUT2D eigenvalue weighted by molar-refractivity contribution is -0.124. The zero-order valence-electron chi connectivity index (χ0n) is 18.9. The minimum atomic E-state index is -0.442. The maximum absolute atomic E-state index is 13.9. The number of nitrogens with one attached hydrogen (secondary N) is 1. The number of benzene rings is 2. The van der Waals surface area contributed by atoms with Gasteiger partial charge in [-0.2, -0.15) is 0 Å². The van der Waals surface area contributed by atoms with E-state index >= 15 is 0 Å². The van der Waals surface area contributed by atoms with Gasteiger partial charge in [-0.1, -0.05) is 62.1 Å². The lowest BCUT2D eigenvalue weighted by Crippen LogP contribution is -2.47. The van der Waals surface area contributed by atoms with Crippen LogP contribution >= 0.6 is 0 Å². The Labute approximate surface area is 189 Å². The molecule has 2 amide bonds. The Bertz CT molecular complexity index is 1160. The Morgan fingerprint density at radius 2 is 1.59 bits per heavy atom. The molecule has 0 radical (unpaired) electrons. The van der Waals surface area contributed by atoms with Crippen LogP contribution in [0.15, 0.2) is 54.7 Å². The third-order valence-electron chi connectivity index (χ3n) is 7.31. The zero-order valence-corrected chi connectivity index (χ0v) is 18.9. The van der Waals surface area contributed by atoms with Gasteiger partial charge in [0.15, 0.2) is 0 Å². The highest BCUT2D eigenvalue weighted by atomic mass is 16.2. The van der Waals surface area contributed by atoms with Crippen LogP contribution in [0.2, 0.25) is 0 Å². The largest absolute Gasteiger partial charge is 0.353 e. The Hall–Kier alpha value is -3.08. The summed E-state index contributed by atoms with van der Waals surface area (Å²) in [5.41, 5.74) is 3.59. The Balaban J connectivity index is 1.61. The van der Waals surface area contributed by atoms with Crippen LogP contribution in [0, 0.1) is 0 Å². The lowest BCUT2D eigenvalue weighted by Gasteiger charge is -2.40. The van der Waals surface area contributed by atoms with Crippen LogP contribution in [0.5, 0.6) is 0 Å². The van der Waals surface area contributed by atoms with Crippen LogP contribution < -0.4 is 5.32 Å². The topological polar surface area (TPSA) is 54.3 Å². The second kappa shape index (κ2) is 8.45. The van der Waals surface area contributed by atoms with Crippen LogP contribution in [-0.2, 0) is 11.8 Å². The molecule has 2 aliphatic rings. The quantitative estimate of drug-likeness (QED) is 0.601. The Morgan fingerprint density at radius 3 is 2.38 bits per heavy atom. The van der Waals surface area contributed by atoms with Gasteiger partial charge in [0.2, 0.25) is 5.91 Å². The van der Waals surface area contributed by atoms with Crippen LogP contribution in [0.25, 0.3) is 10.9 Å². The van der Waals surface area contributed by atoms with Gasteiger partial charge in [0.1, 0.15) is 0 Å². The third kappa shape index (κ3) is 3.50. The summed E-state index contributed by atoms with van der Waals surface area (Å²) in [6.07, 6.45) is 8.97. The number of aryl methyl sites for hydroxylation is 1. The highest BCUT2D eigenvalue weighted by Crippen LogP contribution is 2.44. The number of aromatic nitrogens is 1. The third-order valence-corrected chi connectivity index (χ3v) is 7.31. The first-order chi connectivity index (χ1) is 15.6. The molecular weight excluding hydrogens is 398 g/mol. The molecule has 3 aromatic rings. The number of carbonyl (C=O) groups excluding carboxylic acids is 2. The lowest BCUT2D eigenvalue weighted by atomic mass is 9.79. The molecule has 0 bridgehead atoms. The molecule has 1 saturated carbocycles. The summed E-state index contributed by atoms with van der Waals surface area (Å²) in [7, 11) is 3.85. The van der Waals surface area contributed by atoms with Crippen molar-refractivity contribution >= 4 is 22.7 Å². The molecule has 5 nitrogen and oxygen atoms in total. The van der Waals surface area contributed by atoms with E-state index in [0.717, 1.165) is 47.7 Å². The molecule has 0 spiro atoms. The maximum Gasteiger partial charge on any atom is 0.254 e. The van der Waals surface area contributed by atoms with E-state index in [-0.39, 0.29) is 23.9 Å². The van der Waals surface area contributed by atoms with Gasteiger partial charge in [0.05, 0.1) is 12.0 Å². The molecule has 2 heterocycles. The zero-order chi connectivity index (χ0) is 22.2. The van der Waals surface area contributed by atoms with Crippen LogP contribution in [-0.4, -0.2) is 34.4 Å². The van der Waals surface area contributed by atoms with Crippen molar-refractivity contribution in [3.63, 3.8) is 0 Å². The standard InChI is InChI=1S/C27H31N3O2/c1-29-17-22(19-13-9-10-16-23(19)29)25-24(26(31)28-18-11-5-3-4-6-12-18)20-14-7-8-15-21(20)27(32)30(25)2/h7-10,13-18,24-25H,3-6,11-12H2,1-2H3,(H,28,31). The van der Waals surface area contributed by atoms with Gasteiger partial charge in [-0.25, -0.2) is 0 Å². The Kier molecular flexibility index (Phi) is 5.50. The number of rotatable bonds is 3. The minimum absolute atomic E-state index is 0.0293. The van der Waals surface area contributed by atoms with Crippen LogP contribution in [0.3, 0.4) is 0 Å². The van der Waals surface area contributed by atoms with Crippen molar-refractivity contribution in [2.75, 3.05) is 7.05 Å². The van der Waals surface area contributed by atoms with Gasteiger partial charge < -0.3 is 14.8 Å². The fourth-order valence-corrected chi connectivity index (χ4v) is 5.67. The van der Waals surface area contributed by atoms with Gasteiger partial charge in [0, 0.05) is 48.4 Å². The van der Waals surface area contributed by atoms with E-state index in [9.17, 15) is 9.59 Å². The van der Waals surface area contributed by atoms with Gasteiger partial charge in [-0.05, 0) is 30.5 Å². The fourth-order valence-electron chi connectivity index (χ4n) is 5.67. The number of hydrogen-bond donors (Lipinski definition) is 1. The van der Waals surface area contributed by atoms with E-state index in [2.05, 4.69) is 28.2 Å². The van der Waals surface area contributed by atoms with Crippen molar-refractivity contribution in [2.45, 2.75) is 56.5 Å². The first kappa shape index (κ1) is 20.8. The van der Waals surface area contributed by atoms with E-state index in [1.54, 1.807) is 4.90 Å². The SMILES string of the molecule is CN1C(=O)c2ccccc2C(C(=O)NC2CCCCCC2)C1c1cn(C)c2ccccc12. The van der Waals surface area contributed by atoms with E-state index in [1.807, 2.05) is 50.5 Å². The van der Waals surface area contributed by atoms with Crippen LogP contribution in [0.1, 0.15) is 72.0 Å². The van der Waals surface area contributed by atoms with E-state index in [4.69, 9.17) is 0 Å². The highest BCUT2D eigenvalue weighted by Gasteiger charge is 2.44. The van der Waals surface area contributed by atoms with Gasteiger partial charge >= 0.3 is 0 Å². The predicted octanol–water partition coefficient (Wildman–Crippen LogP) is 4.93. The predicted molar refractivity (Wildman–Crippen MR) is 127 cm³/mol. The number of likely N-dealkylation sites (N-methyl/N-ethyl adjacent to an activating group) is 1. The van der Waals surface area contributed by atoms with E-state index in [0.29, 0.717) is 5.56 Å². The minimum Gasteiger partial charge on any atom is -0.353 e. The van der Waals surface area contributed by atoms with Crippen molar-refractivity contribution in [3.05, 3.63) is 71.4 Å². The average molecular weight is 430 g/mol. The molecule has 2 unspecified atom stereocenters. The van der Waals surface area contributed by atoms with Crippen molar-refractivity contribution in [1.82, 2.24) is 14.8 Å². The monoisotopic (exact) mass is 429 g/mol. The van der Waals surface area contributed by atoms with Gasteiger partial charge in [-0.3, -0.25) is 9.59 Å². The number of para-hydroxylation sites is 1. The first-order valence-electron chi connectivity index (χ1n) is 11.8. The number of amides is 2. The molecular formula is C27H31N3O2. The molecule has 0 saturated heterocycles. The summed E-state index contributed by atoms with van der Waals surface area (Å²) in [4.78, 5) is 29.0. The molecule has 2 aromatic carbocycles. The molecule has 32 heavy (non-hydrogen) atoms. The number of carbonyl (C=O) groups is 2. The summed E-state index contributed by atoms with van der Waals surface area (Å²) in [5.74, 6) is -0.443. The van der Waals surface area contributed by atoms with Crippen LogP contribution in [0.4, 0.5) is 0 Å². The second-order valence-corrected chi connectivity index (χ2v) is 9.34. The summed E-state index contributed by atoms with van der Waals surface area (Å²) in [6, 6.07) is 15.7. The summed E-state index contributed by atoms with van der Waals surface area (Å²) < 4.78 is 2.09. The Morgan fingerprint density at radius 1 is 0.906 bits per heavy atom. The number of fused-ring (bicyclic) bond motifs is 2. The summed E-state index contributed by atoms with van der Waals surface area (Å²) in [5, 5.41) is 4.46. The molecule has 5 heteroatoms. The van der Waals surface area contributed by atoms with Crippen molar-refractivity contribution < 1.29 is 9.59 Å². The van der Waals surface area contributed by atoms with E-state index in [1.165, 1.54) is 12.8 Å². The van der Waals surface area contributed by atoms with Crippen molar-refractivity contribution in [2.24, 2.45) is 7.05 Å². The van der Waals surface area contributed by atoms with Gasteiger partial charge in [0.25, 0.3) is 5.91 Å². The molecule has 1 N–H and O–H groups in total. The molecule has 166 valence electrons. The normalized spacial score (nSPS) is 21.9.